The van der Waals surface area contributed by atoms with E-state index in [0.29, 0.717) is 6.42 Å². The van der Waals surface area contributed by atoms with Gasteiger partial charge in [0.25, 0.3) is 0 Å². The van der Waals surface area contributed by atoms with Crippen LogP contribution in [0.4, 0.5) is 4.79 Å². The van der Waals surface area contributed by atoms with Crippen LogP contribution in [0.3, 0.4) is 0 Å². The summed E-state index contributed by atoms with van der Waals surface area (Å²) in [6.45, 7) is 14.5. The standard InChI is InChI=1S/C17H33NO5/c1-11(2)9-12(18-15(21)23-17(6,7)8)13(19)10-14(20)22-16(3,4)5/h11-13,19H,9-10H2,1-8H3,(H,18,21)/t12-,13+/m0/s1. The molecule has 0 rings (SSSR count). The van der Waals surface area contributed by atoms with Gasteiger partial charge in [-0.2, -0.15) is 0 Å². The number of hydrogen-bond acceptors (Lipinski definition) is 5. The van der Waals surface area contributed by atoms with Crippen LogP contribution in [0.2, 0.25) is 0 Å². The quantitative estimate of drug-likeness (QED) is 0.731. The summed E-state index contributed by atoms with van der Waals surface area (Å²) in [6.07, 6.45) is -1.28. The summed E-state index contributed by atoms with van der Waals surface area (Å²) >= 11 is 0. The summed E-state index contributed by atoms with van der Waals surface area (Å²) in [4.78, 5) is 23.8. The summed E-state index contributed by atoms with van der Waals surface area (Å²) in [6, 6.07) is -0.572. The predicted octanol–water partition coefficient (Wildman–Crippen LogP) is 3.02. The smallest absolute Gasteiger partial charge is 0.407 e. The molecular weight excluding hydrogens is 298 g/mol. The largest absolute Gasteiger partial charge is 0.460 e. The SMILES string of the molecule is CC(C)C[C@H](NC(=O)OC(C)(C)C)[C@H](O)CC(=O)OC(C)(C)C. The van der Waals surface area contributed by atoms with E-state index in [2.05, 4.69) is 5.32 Å². The molecule has 2 N–H and O–H groups in total. The van der Waals surface area contributed by atoms with E-state index in [-0.39, 0.29) is 12.3 Å². The van der Waals surface area contributed by atoms with Crippen molar-refractivity contribution in [2.75, 3.05) is 0 Å². The third-order valence-corrected chi connectivity index (χ3v) is 2.69. The second-order valence-corrected chi connectivity index (χ2v) is 8.24. The Morgan fingerprint density at radius 2 is 1.48 bits per heavy atom. The minimum Gasteiger partial charge on any atom is -0.460 e. The second-order valence-electron chi connectivity index (χ2n) is 8.24. The van der Waals surface area contributed by atoms with Crippen molar-refractivity contribution in [2.45, 2.75) is 91.6 Å². The summed E-state index contributed by atoms with van der Waals surface area (Å²) in [5.41, 5.74) is -1.23. The minimum atomic E-state index is -1.03. The topological polar surface area (TPSA) is 84.9 Å². The molecule has 0 bridgehead atoms. The van der Waals surface area contributed by atoms with Crippen LogP contribution in [0.5, 0.6) is 0 Å². The molecule has 0 aromatic heterocycles. The zero-order valence-corrected chi connectivity index (χ0v) is 15.7. The molecule has 0 saturated carbocycles. The number of rotatable bonds is 6. The van der Waals surface area contributed by atoms with Crippen molar-refractivity contribution in [1.29, 1.82) is 0 Å². The molecule has 136 valence electrons. The number of aliphatic hydroxyl groups is 1. The molecule has 0 radical (unpaired) electrons. The van der Waals surface area contributed by atoms with E-state index in [1.165, 1.54) is 0 Å². The fraction of sp³-hybridized carbons (Fsp3) is 0.882. The van der Waals surface area contributed by atoms with Crippen LogP contribution in [0, 0.1) is 5.92 Å². The van der Waals surface area contributed by atoms with Crippen molar-refractivity contribution in [3.63, 3.8) is 0 Å². The highest BCUT2D eigenvalue weighted by molar-refractivity contribution is 5.71. The summed E-state index contributed by atoms with van der Waals surface area (Å²) in [7, 11) is 0. The van der Waals surface area contributed by atoms with Crippen molar-refractivity contribution in [3.8, 4) is 0 Å². The average molecular weight is 331 g/mol. The number of hydrogen-bond donors (Lipinski definition) is 2. The van der Waals surface area contributed by atoms with Gasteiger partial charge in [0.05, 0.1) is 18.6 Å². The number of amides is 1. The molecule has 0 saturated heterocycles. The second kappa shape index (κ2) is 8.52. The minimum absolute atomic E-state index is 0.176. The Morgan fingerprint density at radius 3 is 1.87 bits per heavy atom. The molecule has 1 amide bonds. The van der Waals surface area contributed by atoms with Gasteiger partial charge in [-0.15, -0.1) is 0 Å². The number of aliphatic hydroxyl groups excluding tert-OH is 1. The molecule has 6 nitrogen and oxygen atoms in total. The number of alkyl carbamates (subject to hydrolysis) is 1. The first-order valence-corrected chi connectivity index (χ1v) is 8.09. The molecule has 0 heterocycles. The van der Waals surface area contributed by atoms with Crippen LogP contribution in [0.1, 0.15) is 68.2 Å². The summed E-state index contributed by atoms with van der Waals surface area (Å²) in [5, 5.41) is 13.0. The maximum Gasteiger partial charge on any atom is 0.407 e. The maximum absolute atomic E-state index is 11.9. The van der Waals surface area contributed by atoms with Gasteiger partial charge in [-0.1, -0.05) is 13.8 Å². The first-order valence-electron chi connectivity index (χ1n) is 8.09. The van der Waals surface area contributed by atoms with Crippen LogP contribution >= 0.6 is 0 Å². The van der Waals surface area contributed by atoms with E-state index in [0.717, 1.165) is 0 Å². The molecule has 0 unspecified atom stereocenters. The number of ether oxygens (including phenoxy) is 2. The van der Waals surface area contributed by atoms with Crippen LogP contribution in [0.15, 0.2) is 0 Å². The van der Waals surface area contributed by atoms with E-state index in [9.17, 15) is 14.7 Å². The highest BCUT2D eigenvalue weighted by Crippen LogP contribution is 2.15. The van der Waals surface area contributed by atoms with E-state index >= 15 is 0 Å². The molecule has 0 aliphatic rings. The van der Waals surface area contributed by atoms with Crippen molar-refractivity contribution in [3.05, 3.63) is 0 Å². The van der Waals surface area contributed by atoms with Gasteiger partial charge in [-0.25, -0.2) is 4.79 Å². The molecule has 0 spiro atoms. The normalized spacial score (nSPS) is 15.0. The van der Waals surface area contributed by atoms with Gasteiger partial charge >= 0.3 is 12.1 Å². The Bertz CT molecular complexity index is 393. The Morgan fingerprint density at radius 1 is 1.00 bits per heavy atom. The van der Waals surface area contributed by atoms with Crippen LogP contribution in [-0.4, -0.2) is 40.5 Å². The lowest BCUT2D eigenvalue weighted by molar-refractivity contribution is -0.157. The lowest BCUT2D eigenvalue weighted by Crippen LogP contribution is -2.47. The third kappa shape index (κ3) is 11.9. The zero-order chi connectivity index (χ0) is 18.4. The van der Waals surface area contributed by atoms with Crippen LogP contribution in [0.25, 0.3) is 0 Å². The first-order chi connectivity index (χ1) is 10.2. The predicted molar refractivity (Wildman–Crippen MR) is 89.1 cm³/mol. The Labute approximate surface area is 139 Å². The molecule has 0 aromatic carbocycles. The van der Waals surface area contributed by atoms with E-state index < -0.39 is 35.4 Å². The molecule has 0 aromatic rings. The van der Waals surface area contributed by atoms with Gasteiger partial charge in [0.2, 0.25) is 0 Å². The fourth-order valence-electron chi connectivity index (χ4n) is 1.98. The molecule has 2 atom stereocenters. The van der Waals surface area contributed by atoms with E-state index in [1.807, 2.05) is 13.8 Å². The molecular formula is C17H33NO5. The third-order valence-electron chi connectivity index (χ3n) is 2.69. The van der Waals surface area contributed by atoms with Crippen molar-refractivity contribution < 1.29 is 24.2 Å². The average Bonchev–Trinajstić information content (AvgIpc) is 2.21. The number of carbonyl (C=O) groups excluding carboxylic acids is 2. The summed E-state index contributed by atoms with van der Waals surface area (Å²) in [5.74, 6) is -0.257. The Balaban J connectivity index is 4.76. The fourth-order valence-corrected chi connectivity index (χ4v) is 1.98. The maximum atomic E-state index is 11.9. The first kappa shape index (κ1) is 21.7. The van der Waals surface area contributed by atoms with Crippen LogP contribution in [-0.2, 0) is 14.3 Å². The molecule has 6 heteroatoms. The number of esters is 1. The number of nitrogens with one attached hydrogen (secondary N) is 1. The van der Waals surface area contributed by atoms with Gasteiger partial charge in [0.15, 0.2) is 0 Å². The van der Waals surface area contributed by atoms with E-state index in [4.69, 9.17) is 9.47 Å². The van der Waals surface area contributed by atoms with Crippen LogP contribution < -0.4 is 5.32 Å². The van der Waals surface area contributed by atoms with Gasteiger partial charge in [0, 0.05) is 0 Å². The highest BCUT2D eigenvalue weighted by atomic mass is 16.6. The summed E-state index contributed by atoms with van der Waals surface area (Å²) < 4.78 is 10.4. The molecule has 0 fully saturated rings. The highest BCUT2D eigenvalue weighted by Gasteiger charge is 2.28. The van der Waals surface area contributed by atoms with Crippen molar-refractivity contribution in [2.24, 2.45) is 5.92 Å². The number of carbonyl (C=O) groups is 2. The van der Waals surface area contributed by atoms with Crippen molar-refractivity contribution >= 4 is 12.1 Å². The Hall–Kier alpha value is -1.30. The van der Waals surface area contributed by atoms with Gasteiger partial charge in [0.1, 0.15) is 11.2 Å². The molecule has 23 heavy (non-hydrogen) atoms. The Kier molecular flexibility index (Phi) is 8.04. The van der Waals surface area contributed by atoms with Gasteiger partial charge < -0.3 is 19.9 Å². The lowest BCUT2D eigenvalue weighted by atomic mass is 9.97. The lowest BCUT2D eigenvalue weighted by Gasteiger charge is -2.28. The molecule has 0 aliphatic carbocycles. The van der Waals surface area contributed by atoms with Gasteiger partial charge in [-0.05, 0) is 53.9 Å². The van der Waals surface area contributed by atoms with Crippen molar-refractivity contribution in [1.82, 2.24) is 5.32 Å². The molecule has 0 aliphatic heterocycles. The van der Waals surface area contributed by atoms with Gasteiger partial charge in [-0.3, -0.25) is 4.79 Å². The zero-order valence-electron chi connectivity index (χ0n) is 15.7. The van der Waals surface area contributed by atoms with E-state index in [1.54, 1.807) is 41.5 Å². The monoisotopic (exact) mass is 331 g/mol.